The molecule has 1 aliphatic rings. The minimum absolute atomic E-state index is 0.0826. The van der Waals surface area contributed by atoms with E-state index in [0.29, 0.717) is 12.2 Å². The van der Waals surface area contributed by atoms with Crippen LogP contribution in [0.4, 0.5) is 18.9 Å². The molecule has 21 heavy (non-hydrogen) atoms. The zero-order valence-electron chi connectivity index (χ0n) is 11.4. The van der Waals surface area contributed by atoms with Crippen LogP contribution in [0.5, 0.6) is 0 Å². The molecule has 0 radical (unpaired) electrons. The number of anilines is 1. The van der Waals surface area contributed by atoms with Gasteiger partial charge in [0.15, 0.2) is 0 Å². The predicted molar refractivity (Wildman–Crippen MR) is 79.4 cm³/mol. The average molecular weight is 318 g/mol. The van der Waals surface area contributed by atoms with Gasteiger partial charge in [-0.3, -0.25) is 0 Å². The van der Waals surface area contributed by atoms with Gasteiger partial charge in [0.2, 0.25) is 0 Å². The van der Waals surface area contributed by atoms with Gasteiger partial charge in [-0.2, -0.15) is 13.2 Å². The maximum absolute atomic E-state index is 12.9. The monoisotopic (exact) mass is 318 g/mol. The number of thiocarbonyl (C=S) groups is 1. The van der Waals surface area contributed by atoms with Crippen molar-refractivity contribution in [3.63, 3.8) is 0 Å². The standard InChI is InChI=1S/C14H17F3N2OS/c15-14(16,17)12-4-3-10(6-11(12)13(18)21)19-5-1-2-9(7-19)8-20/h3-4,6,9,20H,1-2,5,7-8H2,(H2,18,21). The van der Waals surface area contributed by atoms with Crippen molar-refractivity contribution < 1.29 is 18.3 Å². The third-order valence-corrected chi connectivity index (χ3v) is 3.94. The molecule has 0 aromatic heterocycles. The van der Waals surface area contributed by atoms with Crippen molar-refractivity contribution in [1.82, 2.24) is 0 Å². The molecular weight excluding hydrogens is 301 g/mol. The SMILES string of the molecule is NC(=S)c1cc(N2CCCC(CO)C2)ccc1C(F)(F)F. The smallest absolute Gasteiger partial charge is 0.396 e. The Balaban J connectivity index is 2.34. The van der Waals surface area contributed by atoms with Crippen molar-refractivity contribution in [2.24, 2.45) is 11.7 Å². The molecule has 1 heterocycles. The van der Waals surface area contributed by atoms with E-state index in [4.69, 9.17) is 18.0 Å². The zero-order valence-corrected chi connectivity index (χ0v) is 12.2. The fraction of sp³-hybridized carbons (Fsp3) is 0.500. The highest BCUT2D eigenvalue weighted by atomic mass is 32.1. The number of hydrogen-bond donors (Lipinski definition) is 2. The number of rotatable bonds is 3. The molecule has 2 rings (SSSR count). The maximum Gasteiger partial charge on any atom is 0.417 e. The molecule has 3 N–H and O–H groups in total. The minimum Gasteiger partial charge on any atom is -0.396 e. The van der Waals surface area contributed by atoms with Gasteiger partial charge in [0, 0.05) is 30.9 Å². The van der Waals surface area contributed by atoms with Gasteiger partial charge in [0.05, 0.1) is 5.56 Å². The van der Waals surface area contributed by atoms with E-state index in [1.54, 1.807) is 0 Å². The summed E-state index contributed by atoms with van der Waals surface area (Å²) < 4.78 is 38.8. The van der Waals surface area contributed by atoms with E-state index in [2.05, 4.69) is 0 Å². The first kappa shape index (κ1) is 16.0. The van der Waals surface area contributed by atoms with Gasteiger partial charge < -0.3 is 15.7 Å². The molecule has 1 unspecified atom stereocenters. The predicted octanol–water partition coefficient (Wildman–Crippen LogP) is 2.55. The van der Waals surface area contributed by atoms with E-state index in [1.165, 1.54) is 12.1 Å². The van der Waals surface area contributed by atoms with Crippen molar-refractivity contribution in [2.75, 3.05) is 24.6 Å². The van der Waals surface area contributed by atoms with Crippen LogP contribution in [-0.4, -0.2) is 29.8 Å². The normalized spacial score (nSPS) is 19.6. The number of aliphatic hydroxyl groups is 1. The van der Waals surface area contributed by atoms with E-state index in [-0.39, 0.29) is 23.1 Å². The maximum atomic E-state index is 12.9. The highest BCUT2D eigenvalue weighted by Gasteiger charge is 2.34. The summed E-state index contributed by atoms with van der Waals surface area (Å²) >= 11 is 4.74. The average Bonchev–Trinajstić information content (AvgIpc) is 2.45. The second-order valence-electron chi connectivity index (χ2n) is 5.23. The zero-order chi connectivity index (χ0) is 15.6. The van der Waals surface area contributed by atoms with Crippen molar-refractivity contribution in [2.45, 2.75) is 19.0 Å². The number of nitrogens with two attached hydrogens (primary N) is 1. The molecule has 0 bridgehead atoms. The summed E-state index contributed by atoms with van der Waals surface area (Å²) in [4.78, 5) is 1.70. The molecule has 1 fully saturated rings. The molecule has 1 atom stereocenters. The number of alkyl halides is 3. The van der Waals surface area contributed by atoms with Crippen molar-refractivity contribution in [3.05, 3.63) is 29.3 Å². The van der Waals surface area contributed by atoms with Gasteiger partial charge in [0.25, 0.3) is 0 Å². The molecule has 1 aromatic rings. The lowest BCUT2D eigenvalue weighted by Gasteiger charge is -2.34. The Labute approximate surface area is 126 Å². The molecule has 0 aliphatic carbocycles. The number of halogens is 3. The molecule has 0 amide bonds. The van der Waals surface area contributed by atoms with Crippen LogP contribution in [0.2, 0.25) is 0 Å². The molecule has 3 nitrogen and oxygen atoms in total. The summed E-state index contributed by atoms with van der Waals surface area (Å²) in [5.74, 6) is 0.148. The topological polar surface area (TPSA) is 49.5 Å². The third kappa shape index (κ3) is 3.65. The minimum atomic E-state index is -4.48. The lowest BCUT2D eigenvalue weighted by Crippen LogP contribution is -2.37. The van der Waals surface area contributed by atoms with Crippen LogP contribution < -0.4 is 10.6 Å². The fourth-order valence-corrected chi connectivity index (χ4v) is 2.80. The van der Waals surface area contributed by atoms with Gasteiger partial charge in [-0.05, 0) is 37.0 Å². The first-order valence-electron chi connectivity index (χ1n) is 6.69. The Hall–Kier alpha value is -1.34. The molecule has 116 valence electrons. The van der Waals surface area contributed by atoms with Crippen molar-refractivity contribution in [3.8, 4) is 0 Å². The Morgan fingerprint density at radius 3 is 2.71 bits per heavy atom. The summed E-state index contributed by atoms with van der Waals surface area (Å²) in [6, 6.07) is 3.85. The molecule has 1 aliphatic heterocycles. The lowest BCUT2D eigenvalue weighted by atomic mass is 9.97. The highest BCUT2D eigenvalue weighted by molar-refractivity contribution is 7.80. The van der Waals surface area contributed by atoms with Crippen LogP contribution in [-0.2, 0) is 6.18 Å². The number of benzene rings is 1. The molecule has 0 saturated carbocycles. The molecule has 0 spiro atoms. The van der Waals surface area contributed by atoms with Gasteiger partial charge in [0.1, 0.15) is 4.99 Å². The van der Waals surface area contributed by atoms with Crippen LogP contribution in [0, 0.1) is 5.92 Å². The van der Waals surface area contributed by atoms with E-state index in [0.717, 1.165) is 25.5 Å². The molecular formula is C14H17F3N2OS. The highest BCUT2D eigenvalue weighted by Crippen LogP contribution is 2.34. The van der Waals surface area contributed by atoms with Gasteiger partial charge in [-0.25, -0.2) is 0 Å². The van der Waals surface area contributed by atoms with E-state index in [9.17, 15) is 18.3 Å². The molecule has 7 heteroatoms. The number of hydrogen-bond acceptors (Lipinski definition) is 3. The van der Waals surface area contributed by atoms with E-state index < -0.39 is 11.7 Å². The van der Waals surface area contributed by atoms with Gasteiger partial charge >= 0.3 is 6.18 Å². The van der Waals surface area contributed by atoms with Crippen LogP contribution in [0.15, 0.2) is 18.2 Å². The summed E-state index contributed by atoms with van der Waals surface area (Å²) in [6.07, 6.45) is -2.66. The second kappa shape index (κ2) is 6.19. The van der Waals surface area contributed by atoms with E-state index in [1.807, 2.05) is 4.90 Å². The lowest BCUT2D eigenvalue weighted by molar-refractivity contribution is -0.137. The first-order valence-corrected chi connectivity index (χ1v) is 7.10. The van der Waals surface area contributed by atoms with Gasteiger partial charge in [-0.1, -0.05) is 12.2 Å². The summed E-state index contributed by atoms with van der Waals surface area (Å²) in [7, 11) is 0. The molecule has 1 aromatic carbocycles. The largest absolute Gasteiger partial charge is 0.417 e. The van der Waals surface area contributed by atoms with Crippen LogP contribution >= 0.6 is 12.2 Å². The van der Waals surface area contributed by atoms with E-state index >= 15 is 0 Å². The quantitative estimate of drug-likeness (QED) is 0.841. The third-order valence-electron chi connectivity index (χ3n) is 3.72. The first-order chi connectivity index (χ1) is 9.82. The summed E-state index contributed by atoms with van der Waals surface area (Å²) in [6.45, 7) is 1.45. The number of nitrogens with zero attached hydrogens (tertiary/aromatic N) is 1. The van der Waals surface area contributed by atoms with Crippen LogP contribution in [0.1, 0.15) is 24.0 Å². The number of aliphatic hydroxyl groups excluding tert-OH is 1. The Morgan fingerprint density at radius 2 is 2.14 bits per heavy atom. The van der Waals surface area contributed by atoms with Gasteiger partial charge in [-0.15, -0.1) is 0 Å². The summed E-state index contributed by atoms with van der Waals surface area (Å²) in [5, 5.41) is 9.23. The van der Waals surface area contributed by atoms with Crippen LogP contribution in [0.3, 0.4) is 0 Å². The second-order valence-corrected chi connectivity index (χ2v) is 5.67. The van der Waals surface area contributed by atoms with Crippen molar-refractivity contribution in [1.29, 1.82) is 0 Å². The Bertz CT molecular complexity index is 533. The van der Waals surface area contributed by atoms with Crippen molar-refractivity contribution >= 4 is 22.9 Å². The number of piperidine rings is 1. The fourth-order valence-electron chi connectivity index (χ4n) is 2.63. The Morgan fingerprint density at radius 1 is 1.43 bits per heavy atom. The molecule has 1 saturated heterocycles. The Kier molecular flexibility index (Phi) is 4.73. The summed E-state index contributed by atoms with van der Waals surface area (Å²) in [5.41, 5.74) is 5.13. The van der Waals surface area contributed by atoms with Crippen LogP contribution in [0.25, 0.3) is 0 Å².